The van der Waals surface area contributed by atoms with Gasteiger partial charge in [-0.2, -0.15) is 4.31 Å². The van der Waals surface area contributed by atoms with Crippen LogP contribution in [-0.4, -0.2) is 69.5 Å². The molecule has 5 rings (SSSR count). The third-order valence-electron chi connectivity index (χ3n) is 6.32. The number of sulfonamides is 1. The molecule has 3 aliphatic heterocycles. The SMILES string of the molecule is O=C(NC[C@H]1CO1)OC1COC2(CCN(S(=O)(=O)c3ccc4ccccc4c3)CC2)C1. The van der Waals surface area contributed by atoms with Gasteiger partial charge in [-0.1, -0.05) is 30.3 Å². The first-order valence-corrected chi connectivity index (χ1v) is 12.1. The molecule has 8 nitrogen and oxygen atoms in total. The number of carbonyl (C=O) groups excluding carboxylic acids is 1. The van der Waals surface area contributed by atoms with Crippen LogP contribution >= 0.6 is 0 Å². The van der Waals surface area contributed by atoms with Gasteiger partial charge in [0.2, 0.25) is 10.0 Å². The molecule has 1 N–H and O–H groups in total. The minimum atomic E-state index is -3.57. The van der Waals surface area contributed by atoms with E-state index in [4.69, 9.17) is 14.2 Å². The lowest BCUT2D eigenvalue weighted by Crippen LogP contribution is -2.46. The zero-order chi connectivity index (χ0) is 21.5. The number of benzene rings is 2. The van der Waals surface area contributed by atoms with E-state index in [1.165, 1.54) is 4.31 Å². The summed E-state index contributed by atoms with van der Waals surface area (Å²) >= 11 is 0. The van der Waals surface area contributed by atoms with Crippen molar-refractivity contribution < 1.29 is 27.4 Å². The lowest BCUT2D eigenvalue weighted by atomic mass is 9.89. The van der Waals surface area contributed by atoms with Gasteiger partial charge in [0.05, 0.1) is 29.8 Å². The molecule has 0 aromatic heterocycles. The molecule has 3 saturated heterocycles. The van der Waals surface area contributed by atoms with Gasteiger partial charge in [0.15, 0.2) is 0 Å². The number of amides is 1. The second-order valence-corrected chi connectivity index (χ2v) is 10.4. The number of fused-ring (bicyclic) bond motifs is 1. The van der Waals surface area contributed by atoms with Crippen molar-refractivity contribution in [3.8, 4) is 0 Å². The van der Waals surface area contributed by atoms with E-state index in [9.17, 15) is 13.2 Å². The van der Waals surface area contributed by atoms with E-state index in [-0.39, 0.29) is 12.2 Å². The highest BCUT2D eigenvalue weighted by Crippen LogP contribution is 2.38. The van der Waals surface area contributed by atoms with Crippen molar-refractivity contribution in [1.82, 2.24) is 9.62 Å². The van der Waals surface area contributed by atoms with Crippen LogP contribution in [-0.2, 0) is 24.2 Å². The highest BCUT2D eigenvalue weighted by molar-refractivity contribution is 7.89. The summed E-state index contributed by atoms with van der Waals surface area (Å²) < 4.78 is 44.4. The fraction of sp³-hybridized carbons (Fsp3) is 0.500. The average molecular weight is 447 g/mol. The Kier molecular flexibility index (Phi) is 5.37. The van der Waals surface area contributed by atoms with E-state index >= 15 is 0 Å². The standard InChI is InChI=1S/C22H26N2O6S/c25-21(23-13-19-14-28-19)30-18-12-22(29-15-18)7-9-24(10-8-22)31(26,27)20-6-5-16-3-1-2-4-17(16)11-20/h1-6,11,18-19H,7-10,12-15H2,(H,23,25)/t18?,19-/m0/s1. The highest BCUT2D eigenvalue weighted by atomic mass is 32.2. The second kappa shape index (κ2) is 8.05. The van der Waals surface area contributed by atoms with Gasteiger partial charge in [-0.15, -0.1) is 0 Å². The van der Waals surface area contributed by atoms with E-state index in [2.05, 4.69) is 5.32 Å². The summed E-state index contributed by atoms with van der Waals surface area (Å²) in [7, 11) is -3.57. The second-order valence-electron chi connectivity index (χ2n) is 8.47. The van der Waals surface area contributed by atoms with Crippen molar-refractivity contribution >= 4 is 26.9 Å². The lowest BCUT2D eigenvalue weighted by Gasteiger charge is -2.37. The number of nitrogens with one attached hydrogen (secondary N) is 1. The number of piperidine rings is 1. The third kappa shape index (κ3) is 4.41. The van der Waals surface area contributed by atoms with E-state index in [0.717, 1.165) is 10.8 Å². The van der Waals surface area contributed by atoms with Crippen molar-refractivity contribution in [2.75, 3.05) is 32.8 Å². The maximum atomic E-state index is 13.2. The van der Waals surface area contributed by atoms with Crippen LogP contribution in [0.4, 0.5) is 4.79 Å². The molecule has 9 heteroatoms. The number of hydrogen-bond acceptors (Lipinski definition) is 6. The molecule has 1 spiro atoms. The van der Waals surface area contributed by atoms with Gasteiger partial charge < -0.3 is 19.5 Å². The first-order chi connectivity index (χ1) is 14.9. The minimum Gasteiger partial charge on any atom is -0.444 e. The smallest absolute Gasteiger partial charge is 0.407 e. The summed E-state index contributed by atoms with van der Waals surface area (Å²) in [6, 6.07) is 13.0. The number of carbonyl (C=O) groups is 1. The Morgan fingerprint density at radius 2 is 1.87 bits per heavy atom. The molecular weight excluding hydrogens is 420 g/mol. The van der Waals surface area contributed by atoms with Crippen molar-refractivity contribution in [3.63, 3.8) is 0 Å². The molecule has 0 aliphatic carbocycles. The Hall–Kier alpha value is -2.20. The maximum absolute atomic E-state index is 13.2. The summed E-state index contributed by atoms with van der Waals surface area (Å²) in [6.07, 6.45) is 1.08. The number of hydrogen-bond donors (Lipinski definition) is 1. The van der Waals surface area contributed by atoms with Crippen molar-refractivity contribution in [1.29, 1.82) is 0 Å². The van der Waals surface area contributed by atoms with Crippen LogP contribution in [0.25, 0.3) is 10.8 Å². The maximum Gasteiger partial charge on any atom is 0.407 e. The monoisotopic (exact) mass is 446 g/mol. The number of rotatable bonds is 5. The fourth-order valence-electron chi connectivity index (χ4n) is 4.41. The Balaban J connectivity index is 1.19. The molecule has 0 radical (unpaired) electrons. The van der Waals surface area contributed by atoms with E-state index in [1.54, 1.807) is 12.1 Å². The number of nitrogens with zero attached hydrogens (tertiary/aromatic N) is 1. The van der Waals surface area contributed by atoms with Crippen LogP contribution in [0.1, 0.15) is 19.3 Å². The summed E-state index contributed by atoms with van der Waals surface area (Å²) in [5.74, 6) is 0. The van der Waals surface area contributed by atoms with Crippen LogP contribution in [0.3, 0.4) is 0 Å². The van der Waals surface area contributed by atoms with Crippen molar-refractivity contribution in [2.24, 2.45) is 0 Å². The lowest BCUT2D eigenvalue weighted by molar-refractivity contribution is -0.0325. The first kappa shape index (κ1) is 20.7. The van der Waals surface area contributed by atoms with Crippen LogP contribution in [0, 0.1) is 0 Å². The van der Waals surface area contributed by atoms with Gasteiger partial charge in [-0.05, 0) is 35.7 Å². The van der Waals surface area contributed by atoms with Crippen LogP contribution in [0.2, 0.25) is 0 Å². The number of epoxide rings is 1. The number of ether oxygens (including phenoxy) is 3. The summed E-state index contributed by atoms with van der Waals surface area (Å²) in [5.41, 5.74) is -0.431. The molecule has 166 valence electrons. The Morgan fingerprint density at radius 1 is 1.13 bits per heavy atom. The van der Waals surface area contributed by atoms with Gasteiger partial charge in [0.1, 0.15) is 6.10 Å². The zero-order valence-electron chi connectivity index (χ0n) is 17.2. The molecule has 0 saturated carbocycles. The van der Waals surface area contributed by atoms with Crippen LogP contribution in [0.5, 0.6) is 0 Å². The summed E-state index contributed by atoms with van der Waals surface area (Å²) in [6.45, 7) is 2.23. The fourth-order valence-corrected chi connectivity index (χ4v) is 5.89. The van der Waals surface area contributed by atoms with Crippen molar-refractivity contribution in [3.05, 3.63) is 42.5 Å². The summed E-state index contributed by atoms with van der Waals surface area (Å²) in [5, 5.41) is 4.61. The topological polar surface area (TPSA) is 97.5 Å². The zero-order valence-corrected chi connectivity index (χ0v) is 18.0. The minimum absolute atomic E-state index is 0.104. The first-order valence-electron chi connectivity index (χ1n) is 10.6. The van der Waals surface area contributed by atoms with Gasteiger partial charge in [-0.25, -0.2) is 13.2 Å². The average Bonchev–Trinajstić information content (AvgIpc) is 3.54. The normalized spacial score (nSPS) is 25.5. The molecule has 0 bridgehead atoms. The van der Waals surface area contributed by atoms with Gasteiger partial charge in [0, 0.05) is 26.1 Å². The molecule has 1 unspecified atom stereocenters. The Bertz CT molecular complexity index is 1080. The Labute approximate surface area is 181 Å². The number of alkyl carbamates (subject to hydrolysis) is 1. The predicted molar refractivity (Wildman–Crippen MR) is 113 cm³/mol. The molecule has 31 heavy (non-hydrogen) atoms. The summed E-state index contributed by atoms with van der Waals surface area (Å²) in [4.78, 5) is 12.2. The van der Waals surface area contributed by atoms with E-state index in [1.807, 2.05) is 30.3 Å². The molecule has 1 amide bonds. The molecule has 2 aromatic rings. The molecule has 2 aromatic carbocycles. The molecule has 3 fully saturated rings. The highest BCUT2D eigenvalue weighted by Gasteiger charge is 2.46. The quantitative estimate of drug-likeness (QED) is 0.708. The van der Waals surface area contributed by atoms with E-state index in [0.29, 0.717) is 57.0 Å². The Morgan fingerprint density at radius 3 is 2.61 bits per heavy atom. The molecule has 2 atom stereocenters. The molecular formula is C22H26N2O6S. The van der Waals surface area contributed by atoms with Crippen molar-refractivity contribution in [2.45, 2.75) is 42.0 Å². The predicted octanol–water partition coefficient (Wildman–Crippen LogP) is 2.28. The van der Waals surface area contributed by atoms with Gasteiger partial charge >= 0.3 is 6.09 Å². The third-order valence-corrected chi connectivity index (χ3v) is 8.21. The van der Waals surface area contributed by atoms with Crippen LogP contribution in [0.15, 0.2) is 47.4 Å². The molecule has 3 aliphatic rings. The largest absolute Gasteiger partial charge is 0.444 e. The molecule has 3 heterocycles. The van der Waals surface area contributed by atoms with Gasteiger partial charge in [-0.3, -0.25) is 0 Å². The van der Waals surface area contributed by atoms with E-state index < -0.39 is 21.7 Å². The van der Waals surface area contributed by atoms with Gasteiger partial charge in [0.25, 0.3) is 0 Å². The van der Waals surface area contributed by atoms with Crippen LogP contribution < -0.4 is 5.32 Å².